The highest BCUT2D eigenvalue weighted by molar-refractivity contribution is 5.65. The largest absolute Gasteiger partial charge is 0.393 e. The van der Waals surface area contributed by atoms with Crippen molar-refractivity contribution in [3.05, 3.63) is 54.1 Å². The van der Waals surface area contributed by atoms with Crippen molar-refractivity contribution in [2.24, 2.45) is 5.92 Å². The molecule has 1 aromatic heterocycles. The summed E-state index contributed by atoms with van der Waals surface area (Å²) in [5.74, 6) is 3.51. The van der Waals surface area contributed by atoms with Crippen molar-refractivity contribution in [3.8, 4) is 22.8 Å². The molecule has 0 unspecified atom stereocenters. The lowest BCUT2D eigenvalue weighted by molar-refractivity contribution is -0.0965. The molecule has 1 saturated heterocycles. The number of rotatable bonds is 5. The third-order valence-corrected chi connectivity index (χ3v) is 8.21. The van der Waals surface area contributed by atoms with Gasteiger partial charge >= 0.3 is 0 Å². The first kappa shape index (κ1) is 18.9. The van der Waals surface area contributed by atoms with E-state index in [1.807, 2.05) is 0 Å². The van der Waals surface area contributed by atoms with Gasteiger partial charge in [0.2, 0.25) is 0 Å². The van der Waals surface area contributed by atoms with Gasteiger partial charge in [0, 0.05) is 29.9 Å². The van der Waals surface area contributed by atoms with Crippen LogP contribution < -0.4 is 4.90 Å². The third-order valence-electron chi connectivity index (χ3n) is 8.21. The summed E-state index contributed by atoms with van der Waals surface area (Å²) in [7, 11) is 0. The molecule has 5 aliphatic rings. The molecule has 3 aromatic rings. The zero-order valence-corrected chi connectivity index (χ0v) is 18.5. The van der Waals surface area contributed by atoms with Gasteiger partial charge < -0.3 is 10.0 Å². The highest BCUT2D eigenvalue weighted by Gasteiger charge is 2.59. The van der Waals surface area contributed by atoms with Gasteiger partial charge in [0.05, 0.1) is 11.6 Å². The van der Waals surface area contributed by atoms with Gasteiger partial charge in [-0.2, -0.15) is 0 Å². The summed E-state index contributed by atoms with van der Waals surface area (Å²) in [5, 5.41) is 14.9. The number of nitrogens with zero attached hydrogens (tertiary/aromatic N) is 4. The van der Waals surface area contributed by atoms with E-state index in [4.69, 9.17) is 10.1 Å². The first-order valence-electron chi connectivity index (χ1n) is 12.3. The fourth-order valence-corrected chi connectivity index (χ4v) is 5.94. The lowest BCUT2D eigenvalue weighted by atomic mass is 9.50. The van der Waals surface area contributed by atoms with E-state index < -0.39 is 0 Å². The normalized spacial score (nSPS) is 27.2. The molecule has 0 spiro atoms. The monoisotopic (exact) mass is 426 g/mol. The second-order valence-electron chi connectivity index (χ2n) is 10.5. The number of aliphatic hydroxyl groups excluding tert-OH is 1. The number of aromatic nitrogens is 3. The summed E-state index contributed by atoms with van der Waals surface area (Å²) in [6, 6.07) is 17.7. The van der Waals surface area contributed by atoms with Crippen molar-refractivity contribution in [2.75, 3.05) is 18.0 Å². The Morgan fingerprint density at radius 3 is 2.28 bits per heavy atom. The molecule has 0 radical (unpaired) electrons. The Morgan fingerprint density at radius 2 is 1.62 bits per heavy atom. The lowest BCUT2D eigenvalue weighted by Crippen LogP contribution is -2.59. The van der Waals surface area contributed by atoms with Crippen molar-refractivity contribution in [1.29, 1.82) is 0 Å². The van der Waals surface area contributed by atoms with Gasteiger partial charge in [-0.25, -0.2) is 9.67 Å². The smallest absolute Gasteiger partial charge is 0.181 e. The average Bonchev–Trinajstić information content (AvgIpc) is 3.53. The molecule has 2 aromatic carbocycles. The fraction of sp³-hybridized carbons (Fsp3) is 0.481. The zero-order valence-electron chi connectivity index (χ0n) is 18.5. The summed E-state index contributed by atoms with van der Waals surface area (Å²) in [5.41, 5.74) is 5.16. The number of anilines is 1. The molecule has 4 saturated carbocycles. The van der Waals surface area contributed by atoms with Gasteiger partial charge in [-0.05, 0) is 92.7 Å². The van der Waals surface area contributed by atoms with Crippen LogP contribution in [0.25, 0.3) is 22.8 Å². The Labute approximate surface area is 189 Å². The number of benzene rings is 2. The predicted molar refractivity (Wildman–Crippen MR) is 126 cm³/mol. The number of hydrogen-bond donors (Lipinski definition) is 1. The maximum atomic E-state index is 9.79. The van der Waals surface area contributed by atoms with Crippen LogP contribution in [0.1, 0.15) is 56.4 Å². The van der Waals surface area contributed by atoms with Crippen molar-refractivity contribution in [1.82, 2.24) is 14.8 Å². The van der Waals surface area contributed by atoms with E-state index in [1.165, 1.54) is 48.9 Å². The number of hydrogen-bond acceptors (Lipinski definition) is 4. The quantitative estimate of drug-likeness (QED) is 0.627. The number of piperidine rings is 1. The Kier molecular flexibility index (Phi) is 4.08. The maximum absolute atomic E-state index is 9.79. The topological polar surface area (TPSA) is 54.2 Å². The highest BCUT2D eigenvalue weighted by Crippen LogP contribution is 2.62. The van der Waals surface area contributed by atoms with E-state index in [2.05, 4.69) is 58.1 Å². The second-order valence-corrected chi connectivity index (χ2v) is 10.5. The van der Waals surface area contributed by atoms with E-state index in [1.54, 1.807) is 0 Å². The standard InChI is InChI=1S/C27H30N4O/c32-24-10-12-30(13-11-24)23-8-6-20(7-9-23)25-28-26(31(29-25)27-15-18(16-27)17-27)22-3-1-2-21(14-22)19-4-5-19/h1-3,6-9,14,18-19,24,32H,4-5,10-13,15-17H2. The Hall–Kier alpha value is -2.66. The fourth-order valence-electron chi connectivity index (χ4n) is 5.94. The van der Waals surface area contributed by atoms with Gasteiger partial charge in [0.1, 0.15) is 0 Å². The minimum atomic E-state index is -0.146. The highest BCUT2D eigenvalue weighted by atomic mass is 16.3. The Morgan fingerprint density at radius 1 is 0.875 bits per heavy atom. The molecule has 5 nitrogen and oxygen atoms in total. The van der Waals surface area contributed by atoms with Gasteiger partial charge in [-0.1, -0.05) is 18.2 Å². The van der Waals surface area contributed by atoms with Crippen LogP contribution in [0.4, 0.5) is 5.69 Å². The molecule has 1 N–H and O–H groups in total. The Balaban J connectivity index is 1.23. The SMILES string of the molecule is OC1CCN(c2ccc(-c3nc(-c4cccc(C5CC5)c4)n(C45CC(C4)C5)n3)cc2)CC1. The van der Waals surface area contributed by atoms with Gasteiger partial charge in [-0.3, -0.25) is 0 Å². The molecule has 2 bridgehead atoms. The van der Waals surface area contributed by atoms with Crippen molar-refractivity contribution >= 4 is 5.69 Å². The van der Waals surface area contributed by atoms with E-state index in [-0.39, 0.29) is 11.6 Å². The summed E-state index contributed by atoms with van der Waals surface area (Å²) >= 11 is 0. The van der Waals surface area contributed by atoms with Crippen molar-refractivity contribution in [3.63, 3.8) is 0 Å². The van der Waals surface area contributed by atoms with E-state index >= 15 is 0 Å². The number of aliphatic hydroxyl groups is 1. The van der Waals surface area contributed by atoms with Crippen LogP contribution in [-0.4, -0.2) is 39.1 Å². The van der Waals surface area contributed by atoms with Crippen molar-refractivity contribution < 1.29 is 5.11 Å². The third kappa shape index (κ3) is 3.01. The molecule has 8 rings (SSSR count). The molecular weight excluding hydrogens is 396 g/mol. The van der Waals surface area contributed by atoms with Crippen LogP contribution >= 0.6 is 0 Å². The molecular formula is C27H30N4O. The molecule has 2 heterocycles. The molecule has 32 heavy (non-hydrogen) atoms. The van der Waals surface area contributed by atoms with Crippen LogP contribution in [0.3, 0.4) is 0 Å². The van der Waals surface area contributed by atoms with Gasteiger partial charge in [-0.15, -0.1) is 5.10 Å². The van der Waals surface area contributed by atoms with Crippen LogP contribution in [0.2, 0.25) is 0 Å². The summed E-state index contributed by atoms with van der Waals surface area (Å²) in [6.07, 6.45) is 7.94. The van der Waals surface area contributed by atoms with E-state index in [0.29, 0.717) is 0 Å². The minimum absolute atomic E-state index is 0.146. The minimum Gasteiger partial charge on any atom is -0.393 e. The van der Waals surface area contributed by atoms with Crippen molar-refractivity contribution in [2.45, 2.75) is 62.5 Å². The van der Waals surface area contributed by atoms with Gasteiger partial charge in [0.15, 0.2) is 11.6 Å². The first-order valence-corrected chi connectivity index (χ1v) is 12.3. The molecule has 4 aliphatic carbocycles. The first-order chi connectivity index (χ1) is 15.7. The van der Waals surface area contributed by atoms with Crippen LogP contribution in [0, 0.1) is 5.92 Å². The van der Waals surface area contributed by atoms with E-state index in [9.17, 15) is 5.11 Å². The predicted octanol–water partition coefficient (Wildman–Crippen LogP) is 4.96. The summed E-state index contributed by atoms with van der Waals surface area (Å²) in [6.45, 7) is 1.83. The molecule has 5 heteroatoms. The summed E-state index contributed by atoms with van der Waals surface area (Å²) in [4.78, 5) is 7.46. The average molecular weight is 427 g/mol. The Bertz CT molecular complexity index is 1140. The molecule has 0 atom stereocenters. The molecule has 164 valence electrons. The zero-order chi connectivity index (χ0) is 21.3. The molecule has 1 aliphatic heterocycles. The molecule has 0 amide bonds. The van der Waals surface area contributed by atoms with Gasteiger partial charge in [0.25, 0.3) is 0 Å². The van der Waals surface area contributed by atoms with Crippen LogP contribution in [0.5, 0.6) is 0 Å². The van der Waals surface area contributed by atoms with Crippen LogP contribution in [-0.2, 0) is 5.54 Å². The molecule has 5 fully saturated rings. The van der Waals surface area contributed by atoms with E-state index in [0.717, 1.165) is 55.0 Å². The van der Waals surface area contributed by atoms with Crippen LogP contribution in [0.15, 0.2) is 48.5 Å². The maximum Gasteiger partial charge on any atom is 0.181 e. The summed E-state index contributed by atoms with van der Waals surface area (Å²) < 4.78 is 2.27. The second kappa shape index (κ2) is 6.92. The lowest BCUT2D eigenvalue weighted by Gasteiger charge is -2.61.